The van der Waals surface area contributed by atoms with Gasteiger partial charge in [-0.15, -0.1) is 0 Å². The molecule has 0 bridgehead atoms. The number of aromatic nitrogens is 1. The van der Waals surface area contributed by atoms with E-state index in [4.69, 9.17) is 4.52 Å². The van der Waals surface area contributed by atoms with Gasteiger partial charge < -0.3 is 14.7 Å². The van der Waals surface area contributed by atoms with E-state index in [1.807, 2.05) is 23.1 Å². The summed E-state index contributed by atoms with van der Waals surface area (Å²) in [6, 6.07) is 9.80. The third kappa shape index (κ3) is 2.48. The first-order valence-electron chi connectivity index (χ1n) is 8.19. The fourth-order valence-electron chi connectivity index (χ4n) is 3.30. The molecule has 6 heteroatoms. The van der Waals surface area contributed by atoms with Crippen LogP contribution in [-0.4, -0.2) is 28.4 Å². The highest BCUT2D eigenvalue weighted by Crippen LogP contribution is 2.48. The molecule has 0 unspecified atom stereocenters. The molecule has 6 nitrogen and oxygen atoms in total. The molecule has 1 aliphatic carbocycles. The van der Waals surface area contributed by atoms with Gasteiger partial charge in [0.1, 0.15) is 11.2 Å². The van der Waals surface area contributed by atoms with Gasteiger partial charge in [-0.2, -0.15) is 0 Å². The van der Waals surface area contributed by atoms with E-state index in [0.29, 0.717) is 37.5 Å². The molecule has 0 saturated heterocycles. The highest BCUT2D eigenvalue weighted by Gasteiger charge is 2.58. The van der Waals surface area contributed by atoms with Gasteiger partial charge in [-0.05, 0) is 37.3 Å². The summed E-state index contributed by atoms with van der Waals surface area (Å²) in [5.74, 6) is 0.629. The summed E-state index contributed by atoms with van der Waals surface area (Å²) in [5.41, 5.74) is 1.52. The number of hydrogen-bond donors (Lipinski definition) is 1. The van der Waals surface area contributed by atoms with Crippen LogP contribution in [0.15, 0.2) is 34.9 Å². The smallest absolute Gasteiger partial charge is 0.241 e. The number of amides is 2. The summed E-state index contributed by atoms with van der Waals surface area (Å²) in [7, 11) is 0. The van der Waals surface area contributed by atoms with Gasteiger partial charge in [0, 0.05) is 19.2 Å². The van der Waals surface area contributed by atoms with Gasteiger partial charge in [-0.1, -0.05) is 29.4 Å². The zero-order valence-electron chi connectivity index (χ0n) is 13.5. The summed E-state index contributed by atoms with van der Waals surface area (Å²) >= 11 is 0. The third-order valence-electron chi connectivity index (χ3n) is 4.88. The summed E-state index contributed by atoms with van der Waals surface area (Å²) in [5, 5.41) is 6.48. The van der Waals surface area contributed by atoms with Gasteiger partial charge >= 0.3 is 0 Å². The van der Waals surface area contributed by atoms with Crippen LogP contribution in [0.1, 0.15) is 29.7 Å². The maximum Gasteiger partial charge on any atom is 0.241 e. The largest absolute Gasteiger partial charge is 0.360 e. The van der Waals surface area contributed by atoms with Crippen LogP contribution in [0, 0.1) is 12.3 Å². The number of aryl methyl sites for hydroxylation is 1. The van der Waals surface area contributed by atoms with Gasteiger partial charge in [0.15, 0.2) is 5.82 Å². The lowest BCUT2D eigenvalue weighted by Crippen LogP contribution is -2.45. The van der Waals surface area contributed by atoms with E-state index >= 15 is 0 Å². The second-order valence-electron chi connectivity index (χ2n) is 6.60. The first-order valence-corrected chi connectivity index (χ1v) is 8.19. The zero-order valence-corrected chi connectivity index (χ0v) is 13.5. The molecule has 24 heavy (non-hydrogen) atoms. The van der Waals surface area contributed by atoms with Crippen molar-refractivity contribution >= 4 is 17.6 Å². The van der Waals surface area contributed by atoms with Crippen LogP contribution in [0.25, 0.3) is 0 Å². The van der Waals surface area contributed by atoms with Crippen LogP contribution >= 0.6 is 0 Å². The summed E-state index contributed by atoms with van der Waals surface area (Å²) in [4.78, 5) is 27.4. The Morgan fingerprint density at radius 3 is 2.67 bits per heavy atom. The molecular weight excluding hydrogens is 306 g/mol. The molecule has 0 spiro atoms. The van der Waals surface area contributed by atoms with E-state index in [1.165, 1.54) is 11.1 Å². The van der Waals surface area contributed by atoms with Gasteiger partial charge in [0.2, 0.25) is 11.8 Å². The Morgan fingerprint density at radius 1 is 1.25 bits per heavy atom. The van der Waals surface area contributed by atoms with Crippen LogP contribution in [-0.2, 0) is 22.6 Å². The molecule has 2 heterocycles. The van der Waals surface area contributed by atoms with Crippen LogP contribution < -0.4 is 5.32 Å². The second kappa shape index (κ2) is 5.47. The van der Waals surface area contributed by atoms with Gasteiger partial charge in [0.05, 0.1) is 0 Å². The molecular formula is C18H19N3O3. The molecule has 1 aromatic carbocycles. The fourth-order valence-corrected chi connectivity index (χ4v) is 3.30. The van der Waals surface area contributed by atoms with Gasteiger partial charge in [-0.3, -0.25) is 9.59 Å². The third-order valence-corrected chi connectivity index (χ3v) is 4.88. The van der Waals surface area contributed by atoms with E-state index in [0.717, 1.165) is 6.42 Å². The summed E-state index contributed by atoms with van der Waals surface area (Å²) in [6.45, 7) is 2.99. The normalized spacial score (nSPS) is 18.0. The van der Waals surface area contributed by atoms with Crippen molar-refractivity contribution in [2.75, 3.05) is 11.9 Å². The molecule has 2 amide bonds. The molecule has 1 aromatic heterocycles. The molecule has 2 aliphatic rings. The predicted octanol–water partition coefficient (Wildman–Crippen LogP) is 2.29. The Hall–Kier alpha value is -2.63. The Bertz CT molecular complexity index is 807. The van der Waals surface area contributed by atoms with Crippen LogP contribution in [0.2, 0.25) is 0 Å². The summed E-state index contributed by atoms with van der Waals surface area (Å²) in [6.07, 6.45) is 2.02. The molecule has 0 atom stereocenters. The van der Waals surface area contributed by atoms with E-state index in [2.05, 4.69) is 16.5 Å². The van der Waals surface area contributed by atoms with Crippen LogP contribution in [0.5, 0.6) is 0 Å². The van der Waals surface area contributed by atoms with Crippen molar-refractivity contribution < 1.29 is 14.1 Å². The van der Waals surface area contributed by atoms with E-state index in [-0.39, 0.29) is 11.8 Å². The number of nitrogens with one attached hydrogen (secondary N) is 1. The maximum absolute atomic E-state index is 13.0. The Kier molecular flexibility index (Phi) is 3.40. The number of carbonyl (C=O) groups excluding carboxylic acids is 2. The molecule has 1 aliphatic heterocycles. The van der Waals surface area contributed by atoms with E-state index in [9.17, 15) is 9.59 Å². The lowest BCUT2D eigenvalue weighted by atomic mass is 9.97. The average Bonchev–Trinajstić information content (AvgIpc) is 3.32. The standard InChI is InChI=1S/C18H19N3O3/c1-12-10-15(20-24-12)19-16(22)18(7-8-18)17(23)21-9-6-13-4-2-3-5-14(13)11-21/h2-5,10H,6-9,11H2,1H3,(H,19,20,22). The molecule has 1 N–H and O–H groups in total. The fraction of sp³-hybridized carbons (Fsp3) is 0.389. The minimum absolute atomic E-state index is 0.0743. The lowest BCUT2D eigenvalue weighted by molar-refractivity contribution is -0.143. The number of benzene rings is 1. The van der Waals surface area contributed by atoms with E-state index in [1.54, 1.807) is 13.0 Å². The highest BCUT2D eigenvalue weighted by molar-refractivity contribution is 6.12. The molecule has 2 aromatic rings. The summed E-state index contributed by atoms with van der Waals surface area (Å²) < 4.78 is 4.95. The van der Waals surface area contributed by atoms with Crippen LogP contribution in [0.4, 0.5) is 5.82 Å². The Labute approximate surface area is 139 Å². The van der Waals surface area contributed by atoms with Crippen molar-refractivity contribution in [1.82, 2.24) is 10.1 Å². The highest BCUT2D eigenvalue weighted by atomic mass is 16.5. The van der Waals surface area contributed by atoms with Gasteiger partial charge in [0.25, 0.3) is 0 Å². The number of nitrogens with zero attached hydrogens (tertiary/aromatic N) is 2. The quantitative estimate of drug-likeness (QED) is 0.879. The molecule has 1 fully saturated rings. The molecule has 1 saturated carbocycles. The van der Waals surface area contributed by atoms with Crippen molar-refractivity contribution in [1.29, 1.82) is 0 Å². The molecule has 4 rings (SSSR count). The monoisotopic (exact) mass is 325 g/mol. The molecule has 0 radical (unpaired) electrons. The Morgan fingerprint density at radius 2 is 2.00 bits per heavy atom. The first kappa shape index (κ1) is 14.9. The van der Waals surface area contributed by atoms with Crippen molar-refractivity contribution in [2.24, 2.45) is 5.41 Å². The number of anilines is 1. The second-order valence-corrected chi connectivity index (χ2v) is 6.60. The zero-order chi connectivity index (χ0) is 16.7. The first-order chi connectivity index (χ1) is 11.6. The predicted molar refractivity (Wildman–Crippen MR) is 87.1 cm³/mol. The number of carbonyl (C=O) groups is 2. The number of rotatable bonds is 3. The van der Waals surface area contributed by atoms with Crippen LogP contribution in [0.3, 0.4) is 0 Å². The lowest BCUT2D eigenvalue weighted by Gasteiger charge is -2.31. The number of hydrogen-bond acceptors (Lipinski definition) is 4. The minimum Gasteiger partial charge on any atom is -0.360 e. The van der Waals surface area contributed by atoms with Crippen molar-refractivity contribution in [3.05, 3.63) is 47.2 Å². The number of fused-ring (bicyclic) bond motifs is 1. The molecule has 124 valence electrons. The van der Waals surface area contributed by atoms with Crippen molar-refractivity contribution in [3.8, 4) is 0 Å². The van der Waals surface area contributed by atoms with Crippen molar-refractivity contribution in [2.45, 2.75) is 32.7 Å². The average molecular weight is 325 g/mol. The topological polar surface area (TPSA) is 75.4 Å². The SMILES string of the molecule is Cc1cc(NC(=O)C2(C(=O)N3CCc4ccccc4C3)CC2)no1. The van der Waals surface area contributed by atoms with Gasteiger partial charge in [-0.25, -0.2) is 0 Å². The maximum atomic E-state index is 13.0. The van der Waals surface area contributed by atoms with E-state index < -0.39 is 5.41 Å². The van der Waals surface area contributed by atoms with Crippen molar-refractivity contribution in [3.63, 3.8) is 0 Å². The Balaban J connectivity index is 1.49. The minimum atomic E-state index is -0.931.